The second-order valence-corrected chi connectivity index (χ2v) is 6.11. The van der Waals surface area contributed by atoms with Gasteiger partial charge in [0, 0.05) is 0 Å². The average molecular weight is 360 g/mol. The van der Waals surface area contributed by atoms with Crippen LogP contribution in [0, 0.1) is 5.92 Å². The molecular weight excluding hydrogens is 332 g/mol. The number of nitrogens with two attached hydrogens (primary N) is 2. The summed E-state index contributed by atoms with van der Waals surface area (Å²) in [6, 6.07) is -3.42. The highest BCUT2D eigenvalue weighted by molar-refractivity contribution is 5.92. The van der Waals surface area contributed by atoms with E-state index in [0.717, 1.165) is 0 Å². The summed E-state index contributed by atoms with van der Waals surface area (Å²) in [6.45, 7) is 3.91. The van der Waals surface area contributed by atoms with Crippen LogP contribution < -0.4 is 22.1 Å². The van der Waals surface area contributed by atoms with Gasteiger partial charge in [0.15, 0.2) is 0 Å². The first-order valence-corrected chi connectivity index (χ1v) is 8.11. The molecule has 2 amide bonds. The van der Waals surface area contributed by atoms with Crippen molar-refractivity contribution in [2.75, 3.05) is 6.54 Å². The minimum absolute atomic E-state index is 0.147. The third kappa shape index (κ3) is 9.01. The molecule has 0 heterocycles. The number of nitrogens with one attached hydrogen (secondary N) is 2. The second kappa shape index (κ2) is 11.4. The number of rotatable bonds is 12. The zero-order chi connectivity index (χ0) is 19.6. The van der Waals surface area contributed by atoms with Crippen molar-refractivity contribution >= 4 is 23.8 Å². The monoisotopic (exact) mass is 360 g/mol. The number of unbranched alkanes of at least 4 members (excludes halogenated alkanes) is 1. The molecule has 0 fully saturated rings. The molecule has 0 saturated heterocycles. The second-order valence-electron chi connectivity index (χ2n) is 6.11. The highest BCUT2D eigenvalue weighted by atomic mass is 16.4. The van der Waals surface area contributed by atoms with Crippen LogP contribution in [-0.4, -0.2) is 58.6 Å². The van der Waals surface area contributed by atoms with E-state index in [0.29, 0.717) is 19.4 Å². The van der Waals surface area contributed by atoms with Gasteiger partial charge in [-0.25, -0.2) is 4.79 Å². The maximum Gasteiger partial charge on any atom is 0.326 e. The van der Waals surface area contributed by atoms with E-state index in [2.05, 4.69) is 10.6 Å². The van der Waals surface area contributed by atoms with Crippen LogP contribution in [0.15, 0.2) is 0 Å². The molecule has 0 radical (unpaired) electrons. The Labute approximate surface area is 146 Å². The standard InChI is InChI=1S/C15H28N4O6/c1-8(2)12(17)14(23)18-9(5-3-4-6-16)13(22)19-10(15(24)25)7-11(20)21/h8-10,12H,3-7,16-17H2,1-2H3,(H,18,23)(H,19,22)(H,20,21)(H,24,25)/t9-,10-,12-/m0/s1. The molecule has 0 aromatic carbocycles. The van der Waals surface area contributed by atoms with E-state index < -0.39 is 48.3 Å². The summed E-state index contributed by atoms with van der Waals surface area (Å²) in [5, 5.41) is 22.4. The van der Waals surface area contributed by atoms with E-state index in [1.807, 2.05) is 0 Å². The molecule has 10 heteroatoms. The maximum atomic E-state index is 12.3. The van der Waals surface area contributed by atoms with E-state index >= 15 is 0 Å². The van der Waals surface area contributed by atoms with Crippen LogP contribution in [0.5, 0.6) is 0 Å². The Morgan fingerprint density at radius 1 is 0.960 bits per heavy atom. The van der Waals surface area contributed by atoms with Gasteiger partial charge in [0.25, 0.3) is 0 Å². The summed E-state index contributed by atoms with van der Waals surface area (Å²) in [5.41, 5.74) is 11.1. The largest absolute Gasteiger partial charge is 0.481 e. The zero-order valence-electron chi connectivity index (χ0n) is 14.5. The first-order chi connectivity index (χ1) is 11.6. The molecule has 8 N–H and O–H groups in total. The van der Waals surface area contributed by atoms with Crippen LogP contribution in [0.1, 0.15) is 39.5 Å². The van der Waals surface area contributed by atoms with E-state index in [9.17, 15) is 19.2 Å². The van der Waals surface area contributed by atoms with Crippen molar-refractivity contribution in [1.29, 1.82) is 0 Å². The molecule has 0 aliphatic heterocycles. The summed E-state index contributed by atoms with van der Waals surface area (Å²) < 4.78 is 0. The summed E-state index contributed by atoms with van der Waals surface area (Å²) in [5.74, 6) is -4.28. The van der Waals surface area contributed by atoms with Gasteiger partial charge in [-0.3, -0.25) is 14.4 Å². The van der Waals surface area contributed by atoms with Crippen LogP contribution in [0.25, 0.3) is 0 Å². The number of hydrogen-bond donors (Lipinski definition) is 6. The lowest BCUT2D eigenvalue weighted by atomic mass is 10.0. The van der Waals surface area contributed by atoms with Crippen molar-refractivity contribution in [3.8, 4) is 0 Å². The van der Waals surface area contributed by atoms with Crippen molar-refractivity contribution in [1.82, 2.24) is 10.6 Å². The topological polar surface area (TPSA) is 185 Å². The van der Waals surface area contributed by atoms with Crippen LogP contribution in [-0.2, 0) is 19.2 Å². The van der Waals surface area contributed by atoms with Crippen LogP contribution in [0.3, 0.4) is 0 Å². The van der Waals surface area contributed by atoms with Crippen LogP contribution in [0.4, 0.5) is 0 Å². The molecule has 0 bridgehead atoms. The third-order valence-corrected chi connectivity index (χ3v) is 3.59. The minimum Gasteiger partial charge on any atom is -0.481 e. The molecular formula is C15H28N4O6. The molecule has 144 valence electrons. The number of carboxylic acids is 2. The molecule has 0 aromatic heterocycles. The molecule has 0 spiro atoms. The Hall–Kier alpha value is -2.20. The van der Waals surface area contributed by atoms with Gasteiger partial charge in [-0.2, -0.15) is 0 Å². The van der Waals surface area contributed by atoms with Gasteiger partial charge < -0.3 is 32.3 Å². The molecule has 0 unspecified atom stereocenters. The number of aliphatic carboxylic acids is 2. The van der Waals surface area contributed by atoms with Gasteiger partial charge in [0.05, 0.1) is 12.5 Å². The number of hydrogen-bond acceptors (Lipinski definition) is 6. The first-order valence-electron chi connectivity index (χ1n) is 8.11. The highest BCUT2D eigenvalue weighted by Gasteiger charge is 2.29. The van der Waals surface area contributed by atoms with Gasteiger partial charge in [0.1, 0.15) is 12.1 Å². The first kappa shape index (κ1) is 22.8. The van der Waals surface area contributed by atoms with Gasteiger partial charge >= 0.3 is 11.9 Å². The van der Waals surface area contributed by atoms with Crippen LogP contribution >= 0.6 is 0 Å². The lowest BCUT2D eigenvalue weighted by Crippen LogP contribution is -2.55. The molecule has 0 aromatic rings. The molecule has 0 saturated carbocycles. The molecule has 3 atom stereocenters. The SMILES string of the molecule is CC(C)[C@H](N)C(=O)N[C@@H](CCCCN)C(=O)N[C@@H](CC(=O)O)C(=O)O. The van der Waals surface area contributed by atoms with Crippen molar-refractivity contribution in [2.45, 2.75) is 57.7 Å². The molecule has 0 rings (SSSR count). The van der Waals surface area contributed by atoms with Gasteiger partial charge in [-0.15, -0.1) is 0 Å². The van der Waals surface area contributed by atoms with Gasteiger partial charge in [-0.05, 0) is 31.7 Å². The third-order valence-electron chi connectivity index (χ3n) is 3.59. The van der Waals surface area contributed by atoms with Crippen molar-refractivity contribution in [3.05, 3.63) is 0 Å². The average Bonchev–Trinajstić information content (AvgIpc) is 2.51. The maximum absolute atomic E-state index is 12.3. The lowest BCUT2D eigenvalue weighted by Gasteiger charge is -2.23. The Morgan fingerprint density at radius 3 is 1.96 bits per heavy atom. The number of carbonyl (C=O) groups excluding carboxylic acids is 2. The summed E-state index contributed by atoms with van der Waals surface area (Å²) in [7, 11) is 0. The van der Waals surface area contributed by atoms with E-state index in [4.69, 9.17) is 21.7 Å². The minimum atomic E-state index is -1.59. The predicted molar refractivity (Wildman–Crippen MR) is 89.5 cm³/mol. The fourth-order valence-corrected chi connectivity index (χ4v) is 1.98. The summed E-state index contributed by atoms with van der Waals surface area (Å²) in [4.78, 5) is 46.2. The Bertz CT molecular complexity index is 483. The quantitative estimate of drug-likeness (QED) is 0.230. The van der Waals surface area contributed by atoms with E-state index in [1.165, 1.54) is 0 Å². The van der Waals surface area contributed by atoms with Crippen LogP contribution in [0.2, 0.25) is 0 Å². The molecule has 10 nitrogen and oxygen atoms in total. The smallest absolute Gasteiger partial charge is 0.326 e. The Balaban J connectivity index is 5.04. The summed E-state index contributed by atoms with van der Waals surface area (Å²) >= 11 is 0. The number of carboxylic acid groups (broad SMARTS) is 2. The normalized spacial score (nSPS) is 14.4. The van der Waals surface area contributed by atoms with Crippen molar-refractivity contribution < 1.29 is 29.4 Å². The van der Waals surface area contributed by atoms with Gasteiger partial charge in [-0.1, -0.05) is 13.8 Å². The highest BCUT2D eigenvalue weighted by Crippen LogP contribution is 2.05. The Morgan fingerprint density at radius 2 is 1.52 bits per heavy atom. The van der Waals surface area contributed by atoms with Gasteiger partial charge in [0.2, 0.25) is 11.8 Å². The number of amides is 2. The molecule has 0 aliphatic rings. The van der Waals surface area contributed by atoms with Crippen molar-refractivity contribution in [3.63, 3.8) is 0 Å². The van der Waals surface area contributed by atoms with Crippen molar-refractivity contribution in [2.24, 2.45) is 17.4 Å². The Kier molecular flexibility index (Phi) is 10.4. The predicted octanol–water partition coefficient (Wildman–Crippen LogP) is -1.37. The molecule has 25 heavy (non-hydrogen) atoms. The zero-order valence-corrected chi connectivity index (χ0v) is 14.5. The molecule has 0 aliphatic carbocycles. The van der Waals surface area contributed by atoms with E-state index in [1.54, 1.807) is 13.8 Å². The fraction of sp³-hybridized carbons (Fsp3) is 0.733. The fourth-order valence-electron chi connectivity index (χ4n) is 1.98. The van der Waals surface area contributed by atoms with E-state index in [-0.39, 0.29) is 12.3 Å². The lowest BCUT2D eigenvalue weighted by molar-refractivity contribution is -0.147. The summed E-state index contributed by atoms with van der Waals surface area (Å²) in [6.07, 6.45) is 0.616. The number of carbonyl (C=O) groups is 4.